The Balaban J connectivity index is 1.27. The second kappa shape index (κ2) is 9.96. The van der Waals surface area contributed by atoms with E-state index in [4.69, 9.17) is 0 Å². The molecule has 0 aliphatic heterocycles. The summed E-state index contributed by atoms with van der Waals surface area (Å²) in [5, 5.41) is 24.3. The molecule has 6 rings (SSSR count). The van der Waals surface area contributed by atoms with Crippen LogP contribution < -0.4 is 10.6 Å². The van der Waals surface area contributed by atoms with E-state index in [0.29, 0.717) is 58.1 Å². The highest BCUT2D eigenvalue weighted by atomic mass is 32.2. The molecular formula is C24H25F2N9O3S. The third-order valence-electron chi connectivity index (χ3n) is 6.75. The average molecular weight is 558 g/mol. The monoisotopic (exact) mass is 557 g/mol. The first-order valence-electron chi connectivity index (χ1n) is 12.5. The van der Waals surface area contributed by atoms with Crippen molar-refractivity contribution in [2.75, 3.05) is 10.6 Å². The van der Waals surface area contributed by atoms with Crippen LogP contribution in [-0.2, 0) is 10.0 Å². The molecule has 2 aliphatic rings. The van der Waals surface area contributed by atoms with Crippen LogP contribution in [-0.4, -0.2) is 64.8 Å². The maximum atomic E-state index is 13.1. The number of hydrogen-bond donors (Lipinski definition) is 3. The topological polar surface area (TPSA) is 153 Å². The van der Waals surface area contributed by atoms with Crippen LogP contribution in [0.4, 0.5) is 26.1 Å². The van der Waals surface area contributed by atoms with Gasteiger partial charge in [-0.25, -0.2) is 28.1 Å². The Bertz CT molecular complexity index is 1600. The van der Waals surface area contributed by atoms with Crippen LogP contribution in [0.15, 0.2) is 49.2 Å². The third kappa shape index (κ3) is 5.18. The molecule has 39 heavy (non-hydrogen) atoms. The van der Waals surface area contributed by atoms with E-state index in [1.54, 1.807) is 12.1 Å². The molecule has 2 unspecified atom stereocenters. The molecule has 2 atom stereocenters. The van der Waals surface area contributed by atoms with Crippen LogP contribution in [0.3, 0.4) is 0 Å². The lowest BCUT2D eigenvalue weighted by atomic mass is 10.1. The van der Waals surface area contributed by atoms with Gasteiger partial charge in [0.15, 0.2) is 5.82 Å². The van der Waals surface area contributed by atoms with Gasteiger partial charge in [-0.3, -0.25) is 0 Å². The largest absolute Gasteiger partial charge is 0.391 e. The smallest absolute Gasteiger partial charge is 0.333 e. The van der Waals surface area contributed by atoms with Gasteiger partial charge in [-0.1, -0.05) is 0 Å². The van der Waals surface area contributed by atoms with Crippen molar-refractivity contribution in [1.82, 2.24) is 33.9 Å². The maximum Gasteiger partial charge on any atom is 0.333 e. The van der Waals surface area contributed by atoms with Crippen LogP contribution in [0.2, 0.25) is 0 Å². The van der Waals surface area contributed by atoms with Gasteiger partial charge >= 0.3 is 6.55 Å². The summed E-state index contributed by atoms with van der Waals surface area (Å²) in [4.78, 5) is 13.1. The summed E-state index contributed by atoms with van der Waals surface area (Å²) in [5.41, 5.74) is 1.83. The van der Waals surface area contributed by atoms with E-state index in [9.17, 15) is 22.3 Å². The fourth-order valence-electron chi connectivity index (χ4n) is 4.52. The SMILES string of the molecule is O=S(=O)(C1CC1)n1cc(-c2nccc(Nc3cc(NC4CCCC4O)c(-c4ccn(C(F)F)n4)cn3)n2)cn1. The number of nitrogens with zero attached hydrogens (tertiary/aromatic N) is 7. The predicted molar refractivity (Wildman–Crippen MR) is 138 cm³/mol. The van der Waals surface area contributed by atoms with E-state index in [-0.39, 0.29) is 11.9 Å². The van der Waals surface area contributed by atoms with E-state index in [2.05, 4.69) is 35.8 Å². The summed E-state index contributed by atoms with van der Waals surface area (Å²) in [7, 11) is -3.51. The van der Waals surface area contributed by atoms with Crippen LogP contribution in [0.1, 0.15) is 38.7 Å². The molecule has 2 aliphatic carbocycles. The van der Waals surface area contributed by atoms with Gasteiger partial charge in [0, 0.05) is 35.9 Å². The van der Waals surface area contributed by atoms with Crippen LogP contribution in [0, 0.1) is 0 Å². The minimum Gasteiger partial charge on any atom is -0.391 e. The summed E-state index contributed by atoms with van der Waals surface area (Å²) in [5.74, 6) is 1.07. The molecule has 0 radical (unpaired) electrons. The van der Waals surface area contributed by atoms with Crippen LogP contribution in [0.5, 0.6) is 0 Å². The standard InChI is InChI=1S/C24H25F2N9O3S/c25-24(26)34-9-7-17(33-34)16-12-28-22(10-19(16)30-18-2-1-3-20(18)36)31-21-6-8-27-23(32-21)14-11-29-35(13-14)39(37,38)15-4-5-15/h6-13,15,18,20,24,36H,1-5H2,(H2,27,28,30,31,32). The molecule has 2 fully saturated rings. The molecule has 12 nitrogen and oxygen atoms in total. The summed E-state index contributed by atoms with van der Waals surface area (Å²) in [6.07, 6.45) is 10.1. The summed E-state index contributed by atoms with van der Waals surface area (Å²) < 4.78 is 52.7. The lowest BCUT2D eigenvalue weighted by Gasteiger charge is -2.20. The molecule has 4 heterocycles. The van der Waals surface area contributed by atoms with Crippen LogP contribution in [0.25, 0.3) is 22.6 Å². The molecule has 3 N–H and O–H groups in total. The number of aliphatic hydroxyl groups is 1. The van der Waals surface area contributed by atoms with Gasteiger partial charge in [-0.15, -0.1) is 0 Å². The van der Waals surface area contributed by atoms with Gasteiger partial charge in [0.25, 0.3) is 10.0 Å². The molecule has 2 saturated carbocycles. The molecule has 0 saturated heterocycles. The lowest BCUT2D eigenvalue weighted by molar-refractivity contribution is 0.0568. The summed E-state index contributed by atoms with van der Waals surface area (Å²) >= 11 is 0. The van der Waals surface area contributed by atoms with Crippen molar-refractivity contribution in [3.8, 4) is 22.6 Å². The van der Waals surface area contributed by atoms with Crippen molar-refractivity contribution in [2.24, 2.45) is 0 Å². The molecule has 4 aromatic heterocycles. The Hall–Kier alpha value is -3.98. The number of aliphatic hydroxyl groups excluding tert-OH is 1. The Kier molecular flexibility index (Phi) is 6.46. The third-order valence-corrected chi connectivity index (χ3v) is 8.78. The van der Waals surface area contributed by atoms with E-state index < -0.39 is 27.9 Å². The zero-order valence-corrected chi connectivity index (χ0v) is 21.3. The van der Waals surface area contributed by atoms with Crippen molar-refractivity contribution < 1.29 is 22.3 Å². The average Bonchev–Trinajstić information content (AvgIpc) is 3.28. The number of rotatable bonds is 9. The predicted octanol–water partition coefficient (Wildman–Crippen LogP) is 3.40. The van der Waals surface area contributed by atoms with Crippen molar-refractivity contribution in [3.63, 3.8) is 0 Å². The minimum absolute atomic E-state index is 0.203. The first-order valence-corrected chi connectivity index (χ1v) is 14.0. The van der Waals surface area contributed by atoms with E-state index in [1.165, 1.54) is 37.1 Å². The van der Waals surface area contributed by atoms with Gasteiger partial charge in [0.1, 0.15) is 11.6 Å². The normalized spacial score (nSPS) is 19.5. The Morgan fingerprint density at radius 1 is 1.08 bits per heavy atom. The number of anilines is 3. The number of hydrogen-bond acceptors (Lipinski definition) is 10. The van der Waals surface area contributed by atoms with Crippen molar-refractivity contribution in [1.29, 1.82) is 0 Å². The minimum atomic E-state index is -3.51. The van der Waals surface area contributed by atoms with Gasteiger partial charge in [0.05, 0.1) is 41.0 Å². The highest BCUT2D eigenvalue weighted by Crippen LogP contribution is 2.33. The van der Waals surface area contributed by atoms with Crippen LogP contribution >= 0.6 is 0 Å². The quantitative estimate of drug-likeness (QED) is 0.279. The Labute approximate surface area is 222 Å². The lowest BCUT2D eigenvalue weighted by Crippen LogP contribution is -2.28. The second-order valence-corrected chi connectivity index (χ2v) is 11.6. The van der Waals surface area contributed by atoms with Crippen molar-refractivity contribution in [2.45, 2.75) is 56.0 Å². The van der Waals surface area contributed by atoms with Gasteiger partial charge in [-0.2, -0.15) is 23.1 Å². The Morgan fingerprint density at radius 3 is 2.64 bits per heavy atom. The number of aromatic nitrogens is 7. The highest BCUT2D eigenvalue weighted by molar-refractivity contribution is 7.90. The van der Waals surface area contributed by atoms with Gasteiger partial charge in [0.2, 0.25) is 0 Å². The van der Waals surface area contributed by atoms with Gasteiger partial charge in [-0.05, 0) is 44.2 Å². The number of halogens is 2. The molecular weight excluding hydrogens is 532 g/mol. The fraction of sp³-hybridized carbons (Fsp3) is 0.375. The number of pyridine rings is 1. The molecule has 204 valence electrons. The Morgan fingerprint density at radius 2 is 1.92 bits per heavy atom. The molecule has 4 aromatic rings. The fourth-order valence-corrected chi connectivity index (χ4v) is 6.00. The zero-order valence-electron chi connectivity index (χ0n) is 20.5. The van der Waals surface area contributed by atoms with Gasteiger partial charge < -0.3 is 15.7 Å². The van der Waals surface area contributed by atoms with E-state index in [1.807, 2.05) is 0 Å². The van der Waals surface area contributed by atoms with E-state index >= 15 is 0 Å². The van der Waals surface area contributed by atoms with Crippen molar-refractivity contribution in [3.05, 3.63) is 49.2 Å². The summed E-state index contributed by atoms with van der Waals surface area (Å²) in [6.45, 7) is -2.77. The first-order chi connectivity index (χ1) is 18.8. The maximum absolute atomic E-state index is 13.1. The summed E-state index contributed by atoms with van der Waals surface area (Å²) in [6, 6.07) is 4.60. The number of nitrogens with one attached hydrogen (secondary N) is 2. The van der Waals surface area contributed by atoms with E-state index in [0.717, 1.165) is 16.9 Å². The molecule has 15 heteroatoms. The number of alkyl halides is 2. The first kappa shape index (κ1) is 25.3. The second-order valence-electron chi connectivity index (χ2n) is 9.56. The highest BCUT2D eigenvalue weighted by Gasteiger charge is 2.37. The molecule has 0 amide bonds. The molecule has 0 aromatic carbocycles. The zero-order chi connectivity index (χ0) is 27.1. The molecule has 0 spiro atoms. The molecule has 0 bridgehead atoms. The van der Waals surface area contributed by atoms with Crippen molar-refractivity contribution >= 4 is 27.3 Å².